The van der Waals surface area contributed by atoms with Crippen LogP contribution in [0.2, 0.25) is 5.02 Å². The summed E-state index contributed by atoms with van der Waals surface area (Å²) < 4.78 is 47.1. The van der Waals surface area contributed by atoms with Crippen LogP contribution in [0.3, 0.4) is 0 Å². The fourth-order valence-corrected chi connectivity index (χ4v) is 3.49. The van der Waals surface area contributed by atoms with Gasteiger partial charge in [-0.1, -0.05) is 25.4 Å². The molecule has 0 N–H and O–H groups in total. The molecule has 148 valence electrons. The second-order valence-electron chi connectivity index (χ2n) is 5.96. The van der Waals surface area contributed by atoms with Crippen molar-refractivity contribution in [2.75, 3.05) is 33.3 Å². The zero-order valence-corrected chi connectivity index (χ0v) is 16.5. The van der Waals surface area contributed by atoms with Gasteiger partial charge in [-0.25, -0.2) is 8.78 Å². The quantitative estimate of drug-likeness (QED) is 0.678. The van der Waals surface area contributed by atoms with E-state index in [1.165, 1.54) is 4.90 Å². The molecule has 1 aliphatic heterocycles. The van der Waals surface area contributed by atoms with Crippen molar-refractivity contribution in [3.05, 3.63) is 28.0 Å². The molecule has 1 heterocycles. The maximum absolute atomic E-state index is 14.3. The fourth-order valence-electron chi connectivity index (χ4n) is 3.23. The molecule has 2 rings (SSSR count). The first-order chi connectivity index (χ1) is 11.9. The number of ether oxygens (including phenoxy) is 1. The highest BCUT2D eigenvalue weighted by Gasteiger charge is 2.33. The van der Waals surface area contributed by atoms with Gasteiger partial charge in [-0.3, -0.25) is 9.69 Å². The fraction of sp³-hybridized carbons (Fsp3) is 0.588. The van der Waals surface area contributed by atoms with Gasteiger partial charge in [0.2, 0.25) is 5.82 Å². The molecule has 0 aliphatic carbocycles. The third-order valence-corrected chi connectivity index (χ3v) is 5.04. The molecule has 1 aromatic carbocycles. The lowest BCUT2D eigenvalue weighted by atomic mass is 10.1. The van der Waals surface area contributed by atoms with Crippen molar-refractivity contribution >= 4 is 29.9 Å². The Balaban J connectivity index is 0.00000338. The molecule has 26 heavy (non-hydrogen) atoms. The van der Waals surface area contributed by atoms with Crippen molar-refractivity contribution in [3.8, 4) is 5.75 Å². The van der Waals surface area contributed by atoms with Gasteiger partial charge < -0.3 is 9.64 Å². The molecular weight excluding hydrogens is 392 g/mol. The van der Waals surface area contributed by atoms with Gasteiger partial charge in [0.15, 0.2) is 17.4 Å². The van der Waals surface area contributed by atoms with Crippen LogP contribution in [-0.4, -0.2) is 55.0 Å². The van der Waals surface area contributed by atoms with Crippen LogP contribution in [0.25, 0.3) is 0 Å². The smallest absolute Gasteiger partial charge is 0.260 e. The average Bonchev–Trinajstić information content (AvgIpc) is 2.62. The standard InChI is InChI=1S/C17H22ClF3N2O2.ClH/c1-4-10(5-2)22-6-8-23(9-7-22)17(24)11-13(19)12(18)16(25-3)15(21)14(11)20;/h10H,4-9H2,1-3H3;1H. The van der Waals surface area contributed by atoms with E-state index in [-0.39, 0.29) is 12.4 Å². The van der Waals surface area contributed by atoms with Crippen LogP contribution >= 0.6 is 24.0 Å². The number of halogens is 5. The van der Waals surface area contributed by atoms with Gasteiger partial charge in [-0.05, 0) is 12.8 Å². The number of carbonyl (C=O) groups is 1. The Kier molecular flexibility index (Phi) is 8.50. The summed E-state index contributed by atoms with van der Waals surface area (Å²) in [5, 5.41) is -0.736. The Morgan fingerprint density at radius 3 is 2.08 bits per heavy atom. The number of amides is 1. The maximum atomic E-state index is 14.3. The summed E-state index contributed by atoms with van der Waals surface area (Å²) in [6.07, 6.45) is 1.99. The van der Waals surface area contributed by atoms with Gasteiger partial charge in [0.25, 0.3) is 5.91 Å². The Hall–Kier alpha value is -1.18. The van der Waals surface area contributed by atoms with E-state index in [0.717, 1.165) is 20.0 Å². The zero-order valence-electron chi connectivity index (χ0n) is 15.0. The molecule has 0 radical (unpaired) electrons. The molecule has 0 saturated carbocycles. The number of rotatable bonds is 5. The monoisotopic (exact) mass is 414 g/mol. The van der Waals surface area contributed by atoms with Crippen LogP contribution in [0.5, 0.6) is 5.75 Å². The number of piperazine rings is 1. The van der Waals surface area contributed by atoms with E-state index in [4.69, 9.17) is 11.6 Å². The highest BCUT2D eigenvalue weighted by Crippen LogP contribution is 2.35. The van der Waals surface area contributed by atoms with Crippen molar-refractivity contribution in [1.82, 2.24) is 9.80 Å². The molecule has 9 heteroatoms. The molecule has 0 aromatic heterocycles. The molecule has 0 bridgehead atoms. The minimum absolute atomic E-state index is 0. The Labute approximate surface area is 162 Å². The summed E-state index contributed by atoms with van der Waals surface area (Å²) >= 11 is 5.68. The van der Waals surface area contributed by atoms with Gasteiger partial charge >= 0.3 is 0 Å². The molecule has 1 aromatic rings. The van der Waals surface area contributed by atoms with E-state index in [9.17, 15) is 18.0 Å². The minimum Gasteiger partial charge on any atom is -0.492 e. The predicted octanol–water partition coefficient (Wildman–Crippen LogP) is 4.13. The molecule has 0 atom stereocenters. The minimum atomic E-state index is -1.58. The van der Waals surface area contributed by atoms with Gasteiger partial charge in [0, 0.05) is 32.2 Å². The number of nitrogens with zero attached hydrogens (tertiary/aromatic N) is 2. The lowest BCUT2D eigenvalue weighted by molar-refractivity contribution is 0.0550. The summed E-state index contributed by atoms with van der Waals surface area (Å²) in [5.74, 6) is -5.99. The Bertz CT molecular complexity index is 620. The van der Waals surface area contributed by atoms with Crippen LogP contribution in [0.15, 0.2) is 0 Å². The normalized spacial score (nSPS) is 15.2. The zero-order chi connectivity index (χ0) is 18.7. The van der Waals surface area contributed by atoms with Crippen molar-refractivity contribution in [2.24, 2.45) is 0 Å². The molecule has 0 spiro atoms. The van der Waals surface area contributed by atoms with Crippen LogP contribution in [-0.2, 0) is 0 Å². The van der Waals surface area contributed by atoms with E-state index in [2.05, 4.69) is 23.5 Å². The summed E-state index contributed by atoms with van der Waals surface area (Å²) in [4.78, 5) is 16.1. The van der Waals surface area contributed by atoms with Crippen LogP contribution in [0.1, 0.15) is 37.0 Å². The second kappa shape index (κ2) is 9.67. The molecule has 1 saturated heterocycles. The highest BCUT2D eigenvalue weighted by molar-refractivity contribution is 6.32. The lowest BCUT2D eigenvalue weighted by Gasteiger charge is -2.39. The van der Waals surface area contributed by atoms with Crippen molar-refractivity contribution in [3.63, 3.8) is 0 Å². The molecule has 1 fully saturated rings. The van der Waals surface area contributed by atoms with Crippen LogP contribution in [0.4, 0.5) is 13.2 Å². The van der Waals surface area contributed by atoms with Gasteiger partial charge in [-0.15, -0.1) is 12.4 Å². The first-order valence-electron chi connectivity index (χ1n) is 8.30. The SMILES string of the molecule is CCC(CC)N1CCN(C(=O)c2c(F)c(F)c(OC)c(Cl)c2F)CC1.Cl. The van der Waals surface area contributed by atoms with E-state index in [1.54, 1.807) is 0 Å². The van der Waals surface area contributed by atoms with Crippen molar-refractivity contribution in [1.29, 1.82) is 0 Å². The van der Waals surface area contributed by atoms with Gasteiger partial charge in [0.1, 0.15) is 10.6 Å². The first kappa shape index (κ1) is 22.9. The Morgan fingerprint density at radius 1 is 1.08 bits per heavy atom. The van der Waals surface area contributed by atoms with Crippen LogP contribution < -0.4 is 4.74 Å². The second-order valence-corrected chi connectivity index (χ2v) is 6.34. The number of hydrogen-bond acceptors (Lipinski definition) is 3. The predicted molar refractivity (Wildman–Crippen MR) is 97.0 cm³/mol. The van der Waals surface area contributed by atoms with Gasteiger partial charge in [-0.2, -0.15) is 4.39 Å². The number of methoxy groups -OCH3 is 1. The van der Waals surface area contributed by atoms with E-state index < -0.39 is 39.7 Å². The molecule has 4 nitrogen and oxygen atoms in total. The third kappa shape index (κ3) is 4.21. The average molecular weight is 415 g/mol. The third-order valence-electron chi connectivity index (χ3n) is 4.70. The number of benzene rings is 1. The van der Waals surface area contributed by atoms with E-state index in [0.29, 0.717) is 32.2 Å². The molecule has 0 unspecified atom stereocenters. The summed E-state index contributed by atoms with van der Waals surface area (Å²) in [7, 11) is 1.04. The first-order valence-corrected chi connectivity index (χ1v) is 8.68. The number of hydrogen-bond donors (Lipinski definition) is 0. The van der Waals surface area contributed by atoms with Gasteiger partial charge in [0.05, 0.1) is 7.11 Å². The topological polar surface area (TPSA) is 32.8 Å². The summed E-state index contributed by atoms with van der Waals surface area (Å²) in [6, 6.07) is 0.415. The van der Waals surface area contributed by atoms with E-state index in [1.807, 2.05) is 0 Å². The van der Waals surface area contributed by atoms with Crippen molar-refractivity contribution < 1.29 is 22.7 Å². The Morgan fingerprint density at radius 2 is 1.62 bits per heavy atom. The number of carbonyl (C=O) groups excluding carboxylic acids is 1. The largest absolute Gasteiger partial charge is 0.492 e. The lowest BCUT2D eigenvalue weighted by Crippen LogP contribution is -2.52. The maximum Gasteiger partial charge on any atom is 0.260 e. The summed E-state index contributed by atoms with van der Waals surface area (Å²) in [6.45, 7) is 6.04. The van der Waals surface area contributed by atoms with Crippen molar-refractivity contribution in [2.45, 2.75) is 32.7 Å². The highest BCUT2D eigenvalue weighted by atomic mass is 35.5. The summed E-state index contributed by atoms with van der Waals surface area (Å²) in [5.41, 5.74) is -0.973. The molecule has 1 amide bonds. The molecular formula is C17H23Cl2F3N2O2. The molecule has 1 aliphatic rings. The van der Waals surface area contributed by atoms with Crippen LogP contribution in [0, 0.1) is 17.5 Å². The van der Waals surface area contributed by atoms with E-state index >= 15 is 0 Å².